The highest BCUT2D eigenvalue weighted by Gasteiger charge is 2.27. The largest absolute Gasteiger partial charge is 0.491 e. The zero-order valence-electron chi connectivity index (χ0n) is 11.8. The van der Waals surface area contributed by atoms with Crippen molar-refractivity contribution in [2.24, 2.45) is 0 Å². The van der Waals surface area contributed by atoms with Crippen molar-refractivity contribution in [2.45, 2.75) is 6.04 Å². The van der Waals surface area contributed by atoms with Crippen LogP contribution in [-0.4, -0.2) is 22.1 Å². The van der Waals surface area contributed by atoms with Gasteiger partial charge in [-0.05, 0) is 46.3 Å². The highest BCUT2D eigenvalue weighted by molar-refractivity contribution is 9.10. The first-order valence-electron chi connectivity index (χ1n) is 6.98. The lowest BCUT2D eigenvalue weighted by Gasteiger charge is -2.11. The third-order valence-electron chi connectivity index (χ3n) is 3.79. The predicted molar refractivity (Wildman–Crippen MR) is 85.0 cm³/mol. The lowest BCUT2D eigenvalue weighted by Crippen LogP contribution is -2.29. The number of carbonyl (C=O) groups excluding carboxylic acids is 1. The van der Waals surface area contributed by atoms with Crippen LogP contribution < -0.4 is 10.1 Å². The number of halogens is 2. The van der Waals surface area contributed by atoms with Gasteiger partial charge in [-0.3, -0.25) is 4.79 Å². The molecule has 0 fully saturated rings. The van der Waals surface area contributed by atoms with Crippen LogP contribution in [0.2, 0.25) is 0 Å². The molecule has 0 bridgehead atoms. The number of nitrogens with one attached hydrogen (secondary N) is 1. The van der Waals surface area contributed by atoms with Gasteiger partial charge in [0.05, 0.1) is 23.3 Å². The van der Waals surface area contributed by atoms with E-state index < -0.39 is 0 Å². The summed E-state index contributed by atoms with van der Waals surface area (Å²) >= 11 is 3.43. The fourth-order valence-electron chi connectivity index (χ4n) is 2.71. The van der Waals surface area contributed by atoms with E-state index in [2.05, 4.69) is 26.3 Å². The molecule has 0 saturated carbocycles. The van der Waals surface area contributed by atoms with Crippen molar-refractivity contribution in [3.63, 3.8) is 0 Å². The van der Waals surface area contributed by atoms with Gasteiger partial charge in [0.25, 0.3) is 5.91 Å². The molecule has 1 aromatic carbocycles. The van der Waals surface area contributed by atoms with Crippen LogP contribution in [0.15, 0.2) is 47.2 Å². The summed E-state index contributed by atoms with van der Waals surface area (Å²) in [6.45, 7) is 0.283. The summed E-state index contributed by atoms with van der Waals surface area (Å²) in [7, 11) is 0. The number of nitrogens with zero attached hydrogens (tertiary/aromatic N) is 2. The minimum Gasteiger partial charge on any atom is -0.491 e. The fraction of sp³-hybridized carbons (Fsp3) is 0.125. The lowest BCUT2D eigenvalue weighted by molar-refractivity contribution is 0.0932. The Kier molecular flexibility index (Phi) is 3.30. The van der Waals surface area contributed by atoms with Crippen molar-refractivity contribution < 1.29 is 13.9 Å². The summed E-state index contributed by atoms with van der Waals surface area (Å²) in [4.78, 5) is 12.6. The summed E-state index contributed by atoms with van der Waals surface area (Å²) in [6, 6.07) is 7.59. The summed E-state index contributed by atoms with van der Waals surface area (Å²) in [5, 5.41) is 7.05. The lowest BCUT2D eigenvalue weighted by atomic mass is 10.1. The number of ether oxygens (including phenoxy) is 1. The van der Waals surface area contributed by atoms with E-state index in [1.165, 1.54) is 18.3 Å². The molecule has 1 atom stereocenters. The second-order valence-electron chi connectivity index (χ2n) is 5.23. The Morgan fingerprint density at radius 2 is 2.30 bits per heavy atom. The highest BCUT2D eigenvalue weighted by atomic mass is 79.9. The van der Waals surface area contributed by atoms with Gasteiger partial charge in [-0.15, -0.1) is 0 Å². The molecule has 1 unspecified atom stereocenters. The van der Waals surface area contributed by atoms with Gasteiger partial charge in [0.15, 0.2) is 0 Å². The molecule has 23 heavy (non-hydrogen) atoms. The SMILES string of the molecule is O=C(NC1COc2ccc(F)cc21)c1cnn2cccc(Br)c12. The highest BCUT2D eigenvalue weighted by Crippen LogP contribution is 2.33. The van der Waals surface area contributed by atoms with Crippen molar-refractivity contribution in [1.29, 1.82) is 0 Å². The molecule has 7 heteroatoms. The van der Waals surface area contributed by atoms with Gasteiger partial charge >= 0.3 is 0 Å². The quantitative estimate of drug-likeness (QED) is 0.748. The standard InChI is InChI=1S/C16H11BrFN3O2/c17-12-2-1-5-21-15(12)11(7-19-21)16(22)20-13-8-23-14-4-3-9(18)6-10(13)14/h1-7,13H,8H2,(H,20,22). The molecule has 0 aliphatic carbocycles. The maximum atomic E-state index is 13.4. The molecule has 4 rings (SSSR count). The average Bonchev–Trinajstić information content (AvgIpc) is 3.13. The first-order valence-corrected chi connectivity index (χ1v) is 7.78. The maximum absolute atomic E-state index is 13.4. The molecule has 116 valence electrons. The Labute approximate surface area is 139 Å². The molecule has 0 spiro atoms. The molecule has 0 saturated heterocycles. The van der Waals surface area contributed by atoms with Crippen molar-refractivity contribution in [2.75, 3.05) is 6.61 Å². The molecule has 5 nitrogen and oxygen atoms in total. The van der Waals surface area contributed by atoms with Gasteiger partial charge in [-0.2, -0.15) is 5.10 Å². The van der Waals surface area contributed by atoms with Crippen LogP contribution in [0.3, 0.4) is 0 Å². The summed E-state index contributed by atoms with van der Waals surface area (Å²) < 4.78 is 21.3. The second-order valence-corrected chi connectivity index (χ2v) is 6.08. The van der Waals surface area contributed by atoms with Gasteiger partial charge in [-0.25, -0.2) is 8.91 Å². The third-order valence-corrected chi connectivity index (χ3v) is 4.43. The number of carbonyl (C=O) groups is 1. The molecule has 1 aliphatic heterocycles. The zero-order valence-corrected chi connectivity index (χ0v) is 13.4. The van der Waals surface area contributed by atoms with Crippen LogP contribution in [0.25, 0.3) is 5.52 Å². The number of hydrogen-bond donors (Lipinski definition) is 1. The Balaban J connectivity index is 1.65. The number of amides is 1. The smallest absolute Gasteiger partial charge is 0.255 e. The molecular formula is C16H11BrFN3O2. The maximum Gasteiger partial charge on any atom is 0.255 e. The zero-order chi connectivity index (χ0) is 16.0. The molecule has 1 amide bonds. The number of rotatable bonds is 2. The molecule has 1 aliphatic rings. The molecule has 1 N–H and O–H groups in total. The summed E-state index contributed by atoms with van der Waals surface area (Å²) in [5.41, 5.74) is 1.78. The van der Waals surface area contributed by atoms with Crippen molar-refractivity contribution >= 4 is 27.4 Å². The normalized spacial score (nSPS) is 16.2. The Morgan fingerprint density at radius 3 is 3.17 bits per heavy atom. The topological polar surface area (TPSA) is 55.6 Å². The minimum absolute atomic E-state index is 0.280. The van der Waals surface area contributed by atoms with Crippen LogP contribution >= 0.6 is 15.9 Å². The van der Waals surface area contributed by atoms with E-state index in [4.69, 9.17) is 4.74 Å². The molecule has 3 heterocycles. The van der Waals surface area contributed by atoms with Crippen LogP contribution in [0, 0.1) is 5.82 Å². The van der Waals surface area contributed by atoms with Crippen molar-refractivity contribution in [3.05, 3.63) is 64.1 Å². The number of fused-ring (bicyclic) bond motifs is 2. The van der Waals surface area contributed by atoms with Crippen LogP contribution in [0.4, 0.5) is 4.39 Å². The first-order chi connectivity index (χ1) is 11.1. The second kappa shape index (κ2) is 5.34. The van der Waals surface area contributed by atoms with Gasteiger partial charge < -0.3 is 10.1 Å². The van der Waals surface area contributed by atoms with Gasteiger partial charge in [0.1, 0.15) is 18.2 Å². The van der Waals surface area contributed by atoms with Gasteiger partial charge in [0.2, 0.25) is 0 Å². The number of hydrogen-bond acceptors (Lipinski definition) is 3. The van der Waals surface area contributed by atoms with Crippen molar-refractivity contribution in [1.82, 2.24) is 14.9 Å². The van der Waals surface area contributed by atoms with Crippen LogP contribution in [0.1, 0.15) is 22.0 Å². The number of pyridine rings is 1. The molecular weight excluding hydrogens is 365 g/mol. The molecule has 2 aromatic heterocycles. The Morgan fingerprint density at radius 1 is 1.43 bits per heavy atom. The Bertz CT molecular complexity index is 925. The number of benzene rings is 1. The van der Waals surface area contributed by atoms with Crippen LogP contribution in [0.5, 0.6) is 5.75 Å². The van der Waals surface area contributed by atoms with E-state index in [1.807, 2.05) is 12.1 Å². The average molecular weight is 376 g/mol. The predicted octanol–water partition coefficient (Wildman–Crippen LogP) is 3.10. The Hall–Kier alpha value is -2.41. The minimum atomic E-state index is -0.384. The van der Waals surface area contributed by atoms with E-state index in [1.54, 1.807) is 16.8 Å². The first kappa shape index (κ1) is 14.2. The monoisotopic (exact) mass is 375 g/mol. The summed E-state index contributed by atoms with van der Waals surface area (Å²) in [6.07, 6.45) is 3.28. The van der Waals surface area contributed by atoms with E-state index in [-0.39, 0.29) is 24.4 Å². The molecule has 3 aromatic rings. The third kappa shape index (κ3) is 2.37. The fourth-order valence-corrected chi connectivity index (χ4v) is 3.26. The van der Waals surface area contributed by atoms with Gasteiger partial charge in [-0.1, -0.05) is 0 Å². The van der Waals surface area contributed by atoms with E-state index in [0.717, 1.165) is 4.47 Å². The summed E-state index contributed by atoms with van der Waals surface area (Å²) in [5.74, 6) is -0.0393. The van der Waals surface area contributed by atoms with E-state index in [0.29, 0.717) is 22.4 Å². The van der Waals surface area contributed by atoms with E-state index in [9.17, 15) is 9.18 Å². The van der Waals surface area contributed by atoms with Gasteiger partial charge in [0, 0.05) is 16.2 Å². The van der Waals surface area contributed by atoms with E-state index >= 15 is 0 Å². The van der Waals surface area contributed by atoms with Crippen LogP contribution in [-0.2, 0) is 0 Å². The van der Waals surface area contributed by atoms with Crippen molar-refractivity contribution in [3.8, 4) is 5.75 Å². The number of aromatic nitrogens is 2. The molecule has 0 radical (unpaired) electrons.